The molecule has 8 bridgehead atoms. The number of carbonyl (C=O) groups is 1. The van der Waals surface area contributed by atoms with E-state index in [-0.39, 0.29) is 72.1 Å². The average Bonchev–Trinajstić information content (AvgIpc) is 0.946. The molecule has 4 fully saturated rings. The molecule has 0 aliphatic carbocycles. The molecule has 2 aromatic heterocycles. The Labute approximate surface area is 544 Å². The second kappa shape index (κ2) is 31.6. The molecule has 0 unspecified atom stereocenters. The van der Waals surface area contributed by atoms with E-state index in [1.807, 2.05) is 31.2 Å². The van der Waals surface area contributed by atoms with Crippen molar-refractivity contribution in [3.8, 4) is 11.5 Å². The molecule has 90 heavy (non-hydrogen) atoms. The van der Waals surface area contributed by atoms with Crippen LogP contribution in [-0.4, -0.2) is 135 Å². The van der Waals surface area contributed by atoms with Crippen LogP contribution in [0.4, 0.5) is 0 Å². The van der Waals surface area contributed by atoms with Crippen molar-refractivity contribution in [2.24, 2.45) is 11.8 Å². The molecule has 7 rings (SSSR count). The van der Waals surface area contributed by atoms with E-state index in [0.29, 0.717) is 79.0 Å². The fourth-order valence-corrected chi connectivity index (χ4v) is 21.7. The Bertz CT molecular complexity index is 2880. The number of aromatic nitrogens is 2. The summed E-state index contributed by atoms with van der Waals surface area (Å²) >= 11 is 0. The van der Waals surface area contributed by atoms with Crippen LogP contribution >= 0.6 is 0 Å². The summed E-state index contributed by atoms with van der Waals surface area (Å²) in [4.78, 5) is 24.0. The first-order valence-electron chi connectivity index (χ1n) is 33.5. The van der Waals surface area contributed by atoms with Crippen molar-refractivity contribution in [2.45, 2.75) is 294 Å². The number of oxazole rings is 2. The Balaban J connectivity index is 1.14. The monoisotopic (exact) mass is 1300 g/mol. The van der Waals surface area contributed by atoms with Crippen LogP contribution in [0.3, 0.4) is 0 Å². The van der Waals surface area contributed by atoms with E-state index in [9.17, 15) is 4.79 Å². The van der Waals surface area contributed by atoms with Gasteiger partial charge in [-0.05, 0) is 98.4 Å². The van der Waals surface area contributed by atoms with Crippen LogP contribution in [0.5, 0.6) is 0 Å². The van der Waals surface area contributed by atoms with Crippen LogP contribution in [0.2, 0.25) is 54.4 Å². The Morgan fingerprint density at radius 3 is 2.19 bits per heavy atom. The maximum Gasteiger partial charge on any atom is 0.330 e. The molecule has 15 atom stereocenters. The minimum Gasteiger partial charge on any atom is -0.458 e. The minimum atomic E-state index is -2.46. The highest BCUT2D eigenvalue weighted by molar-refractivity contribution is 6.83. The van der Waals surface area contributed by atoms with Crippen molar-refractivity contribution in [2.75, 3.05) is 21.3 Å². The summed E-state index contributed by atoms with van der Waals surface area (Å²) in [6, 6.07) is 0. The van der Waals surface area contributed by atoms with Gasteiger partial charge in [-0.25, -0.2) is 14.8 Å². The average molecular weight is 1300 g/mol. The summed E-state index contributed by atoms with van der Waals surface area (Å²) in [5.74, 6) is 2.37. The van der Waals surface area contributed by atoms with Crippen molar-refractivity contribution in [1.29, 1.82) is 0 Å². The van der Waals surface area contributed by atoms with E-state index in [1.54, 1.807) is 39.9 Å². The van der Waals surface area contributed by atoms with E-state index in [0.717, 1.165) is 41.7 Å². The number of esters is 1. The zero-order valence-corrected chi connectivity index (χ0v) is 61.8. The molecule has 5 aliphatic rings. The summed E-state index contributed by atoms with van der Waals surface area (Å²) in [6.45, 7) is 44.8. The Kier molecular flexibility index (Phi) is 25.8. The second-order valence-electron chi connectivity index (χ2n) is 30.1. The zero-order valence-electron chi connectivity index (χ0n) is 58.8. The topological polar surface area (TPSA) is 161 Å². The van der Waals surface area contributed by atoms with E-state index in [1.165, 1.54) is 0 Å². The van der Waals surface area contributed by atoms with Gasteiger partial charge in [0.1, 0.15) is 44.2 Å². The molecule has 0 radical (unpaired) electrons. The number of fused-ring (bicyclic) bond motifs is 9. The van der Waals surface area contributed by atoms with Gasteiger partial charge in [0.05, 0.1) is 67.5 Å². The van der Waals surface area contributed by atoms with Crippen LogP contribution in [0, 0.1) is 23.3 Å². The molecule has 15 nitrogen and oxygen atoms in total. The van der Waals surface area contributed by atoms with Crippen molar-refractivity contribution >= 4 is 42.8 Å². The van der Waals surface area contributed by atoms with Crippen molar-refractivity contribution in [3.05, 3.63) is 95.4 Å². The summed E-state index contributed by atoms with van der Waals surface area (Å²) in [7, 11) is -0.923. The molecule has 502 valence electrons. The number of hydrogen-bond acceptors (Lipinski definition) is 15. The van der Waals surface area contributed by atoms with E-state index >= 15 is 0 Å². The fraction of sp³-hybridized carbons (Fsp3) is 0.708. The number of allylic oxidation sites excluding steroid dienone is 2. The number of ether oxygens (including phenoxy) is 8. The van der Waals surface area contributed by atoms with Gasteiger partial charge in [0.25, 0.3) is 0 Å². The normalized spacial score (nSPS) is 31.2. The largest absolute Gasteiger partial charge is 0.458 e. The molecular formula is C72H114N2O13Si3. The van der Waals surface area contributed by atoms with Crippen molar-refractivity contribution in [3.63, 3.8) is 0 Å². The lowest BCUT2D eigenvalue weighted by atomic mass is 9.79. The van der Waals surface area contributed by atoms with Crippen LogP contribution in [0.15, 0.2) is 81.1 Å². The van der Waals surface area contributed by atoms with Gasteiger partial charge in [-0.3, -0.25) is 0 Å². The smallest absolute Gasteiger partial charge is 0.330 e. The predicted octanol–water partition coefficient (Wildman–Crippen LogP) is 16.6. The lowest BCUT2D eigenvalue weighted by Gasteiger charge is -2.49. The van der Waals surface area contributed by atoms with Crippen LogP contribution < -0.4 is 0 Å². The standard InChI is InChI=1S/C72H114N2O13Si3/c1-46(2)90(47(3)4,48(5)6)87-65(36-49(7)31-32-55(76-15)27-25-33-88(18,19)20)64-41-60(77-16)42-72(78-17,85-64)43-67-73-54(44-79-67)37-51(9)69-53(11)70-52(10)62(83-69)28-24-29-66-74-61(45-80-66)63-40-59(86-89(21,22)71(12,13)14)39-58(82-63)38-57-35-50(8)34-56(81-57)26-23-30-68(75)84-70/h23-24,29-32,36-37,44-48,52-53,55-60,62-65,69-70H,8,26-28,34-35,38-43H2,1-7,9-22H3/b29-24+,30-23-,32-31+,49-36+,51-37+/t52-,53-,55+,56-,57+,58+,59+,60+,62+,63+,64+,65+,69-,70-,72-/m0/s1. The van der Waals surface area contributed by atoms with Gasteiger partial charge in [-0.1, -0.05) is 144 Å². The van der Waals surface area contributed by atoms with Gasteiger partial charge >= 0.3 is 5.97 Å². The number of methoxy groups -OCH3 is 3. The Morgan fingerprint density at radius 2 is 1.53 bits per heavy atom. The first-order valence-corrected chi connectivity index (χ1v) is 42.1. The maximum absolute atomic E-state index is 13.9. The number of rotatable bonds is 19. The number of nitrogens with zero attached hydrogens (tertiary/aromatic N) is 2. The third-order valence-corrected chi connectivity index (χ3v) is 31.4. The Hall–Kier alpha value is -3.82. The SMILES string of the molecule is C=C1C[C@@H]2C[C@@H]3C[C@@H](O[Si](C)(C)C(C)(C)C)C[C@@H](O3)c3coc(n3)/C=C/C[C@H]3O[C@@H](/C(C)=C/c4coc(C[C@]5(OC)C[C@H](OC)C[C@H]([C@@H](/C=C(C)/C=C/[C@@H](CC#C[Si](C)(C)C)OC)O[Si](C(C)C)(C(C)C)C(C)C)O5)n4)[C@H](C)[C@@H](OC(=O)/C=C\C[C@@H](C1)O2)[C@H]3C. The van der Waals surface area contributed by atoms with Gasteiger partial charge in [-0.2, -0.15) is 0 Å². The Morgan fingerprint density at radius 1 is 0.833 bits per heavy atom. The quantitative estimate of drug-likeness (QED) is 0.0429. The summed E-state index contributed by atoms with van der Waals surface area (Å²) in [5.41, 5.74) is 8.92. The van der Waals surface area contributed by atoms with Gasteiger partial charge in [0.15, 0.2) is 20.0 Å². The van der Waals surface area contributed by atoms with Crippen LogP contribution in [0.25, 0.3) is 12.2 Å². The highest BCUT2D eigenvalue weighted by Gasteiger charge is 2.52. The third kappa shape index (κ3) is 19.4. The van der Waals surface area contributed by atoms with Crippen molar-refractivity contribution < 1.29 is 60.4 Å². The third-order valence-electron chi connectivity index (χ3n) is 19.8. The van der Waals surface area contributed by atoms with E-state index in [2.05, 4.69) is 152 Å². The van der Waals surface area contributed by atoms with Gasteiger partial charge in [-0.15, -0.1) is 11.5 Å². The molecule has 0 aromatic carbocycles. The predicted molar refractivity (Wildman–Crippen MR) is 365 cm³/mol. The lowest BCUT2D eigenvalue weighted by Crippen LogP contribution is -2.57. The van der Waals surface area contributed by atoms with Crippen LogP contribution in [0.1, 0.15) is 183 Å². The van der Waals surface area contributed by atoms with E-state index in [4.69, 9.17) is 65.5 Å². The summed E-state index contributed by atoms with van der Waals surface area (Å²) < 4.78 is 80.2. The highest BCUT2D eigenvalue weighted by atomic mass is 28.4. The van der Waals surface area contributed by atoms with Gasteiger partial charge < -0.3 is 55.6 Å². The molecule has 7 heterocycles. The number of carbonyl (C=O) groups excluding carboxylic acids is 1. The fourth-order valence-electron chi connectivity index (χ4n) is 14.2. The zero-order chi connectivity index (χ0) is 66.1. The molecule has 4 saturated heterocycles. The highest BCUT2D eigenvalue weighted by Crippen LogP contribution is 2.47. The minimum absolute atomic E-state index is 0.00393. The second-order valence-corrected chi connectivity index (χ2v) is 45.0. The molecule has 2 aromatic rings. The molecular weight excluding hydrogens is 1190 g/mol. The molecule has 0 spiro atoms. The molecule has 18 heteroatoms. The van der Waals surface area contributed by atoms with E-state index < -0.39 is 60.9 Å². The molecule has 0 saturated carbocycles. The first kappa shape index (κ1) is 73.6. The lowest BCUT2D eigenvalue weighted by molar-refractivity contribution is -0.297. The molecule has 0 N–H and O–H groups in total. The van der Waals surface area contributed by atoms with Crippen LogP contribution in [-0.2, 0) is 58.0 Å². The molecule has 0 amide bonds. The molecule has 5 aliphatic heterocycles. The van der Waals surface area contributed by atoms with Gasteiger partial charge in [0.2, 0.25) is 14.2 Å². The summed E-state index contributed by atoms with van der Waals surface area (Å²) in [5, 5.41) is 0.0525. The van der Waals surface area contributed by atoms with Gasteiger partial charge in [0, 0.05) is 71.3 Å². The maximum atomic E-state index is 13.9. The first-order chi connectivity index (χ1) is 42.3. The number of hydrogen-bond donors (Lipinski definition) is 0. The summed E-state index contributed by atoms with van der Waals surface area (Å²) in [6.07, 6.45) is 22.7. The van der Waals surface area contributed by atoms with Crippen molar-refractivity contribution in [1.82, 2.24) is 9.97 Å².